The lowest BCUT2D eigenvalue weighted by atomic mass is 9.74. The molecule has 1 aromatic carbocycles. The number of carbonyl (C=O) groups is 1. The van der Waals surface area contributed by atoms with Gasteiger partial charge in [0.2, 0.25) is 0 Å². The second kappa shape index (κ2) is 8.68. The monoisotopic (exact) mass is 346 g/mol. The Hall–Kier alpha value is -1.59. The number of hydrogen-bond donors (Lipinski definition) is 3. The van der Waals surface area contributed by atoms with E-state index in [-0.39, 0.29) is 30.0 Å². The summed E-state index contributed by atoms with van der Waals surface area (Å²) in [6.45, 7) is 2.22. The Morgan fingerprint density at radius 2 is 1.88 bits per heavy atom. The molecule has 25 heavy (non-hydrogen) atoms. The maximum Gasteiger partial charge on any atom is 0.315 e. The molecule has 1 saturated heterocycles. The normalized spacial score (nSPS) is 26.0. The number of carbonyl (C=O) groups excluding carboxylic acids is 1. The summed E-state index contributed by atoms with van der Waals surface area (Å²) in [7, 11) is 0. The van der Waals surface area contributed by atoms with Crippen LogP contribution in [0, 0.1) is 5.92 Å². The SMILES string of the molecule is O=C(NCC1(c2ccccc2)CCOCC1)NC1CCCCC1CO. The average Bonchev–Trinajstić information content (AvgIpc) is 2.68. The van der Waals surface area contributed by atoms with Gasteiger partial charge in [-0.05, 0) is 31.2 Å². The molecule has 1 aliphatic carbocycles. The van der Waals surface area contributed by atoms with Crippen LogP contribution in [0.2, 0.25) is 0 Å². The van der Waals surface area contributed by atoms with Gasteiger partial charge in [0, 0.05) is 43.7 Å². The summed E-state index contributed by atoms with van der Waals surface area (Å²) in [4.78, 5) is 12.5. The number of ether oxygens (including phenoxy) is 1. The van der Waals surface area contributed by atoms with E-state index in [0.717, 1.165) is 51.7 Å². The van der Waals surface area contributed by atoms with Gasteiger partial charge in [-0.3, -0.25) is 0 Å². The van der Waals surface area contributed by atoms with Gasteiger partial charge in [0.15, 0.2) is 0 Å². The van der Waals surface area contributed by atoms with E-state index in [1.54, 1.807) is 0 Å². The van der Waals surface area contributed by atoms with Crippen LogP contribution in [0.5, 0.6) is 0 Å². The molecule has 0 spiro atoms. The largest absolute Gasteiger partial charge is 0.396 e. The van der Waals surface area contributed by atoms with Crippen molar-refractivity contribution >= 4 is 6.03 Å². The van der Waals surface area contributed by atoms with Crippen molar-refractivity contribution in [1.82, 2.24) is 10.6 Å². The molecule has 2 amide bonds. The Bertz CT molecular complexity index is 543. The predicted molar refractivity (Wildman–Crippen MR) is 97.5 cm³/mol. The van der Waals surface area contributed by atoms with Gasteiger partial charge in [0.25, 0.3) is 0 Å². The third-order valence-corrected chi connectivity index (χ3v) is 5.88. The molecule has 2 fully saturated rings. The molecule has 1 saturated carbocycles. The van der Waals surface area contributed by atoms with E-state index >= 15 is 0 Å². The first kappa shape index (κ1) is 18.2. The van der Waals surface area contributed by atoms with Crippen LogP contribution in [0.4, 0.5) is 4.79 Å². The van der Waals surface area contributed by atoms with Crippen LogP contribution in [0.25, 0.3) is 0 Å². The van der Waals surface area contributed by atoms with Gasteiger partial charge in [-0.2, -0.15) is 0 Å². The zero-order valence-corrected chi connectivity index (χ0v) is 14.9. The predicted octanol–water partition coefficient (Wildman–Crippen LogP) is 2.59. The quantitative estimate of drug-likeness (QED) is 0.767. The summed E-state index contributed by atoms with van der Waals surface area (Å²) < 4.78 is 5.55. The van der Waals surface area contributed by atoms with Crippen molar-refractivity contribution in [3.8, 4) is 0 Å². The lowest BCUT2D eigenvalue weighted by Crippen LogP contribution is -2.51. The van der Waals surface area contributed by atoms with Crippen molar-refractivity contribution in [2.45, 2.75) is 50.0 Å². The second-order valence-electron chi connectivity index (χ2n) is 7.42. The van der Waals surface area contributed by atoms with E-state index in [9.17, 15) is 9.90 Å². The van der Waals surface area contributed by atoms with Gasteiger partial charge < -0.3 is 20.5 Å². The maximum absolute atomic E-state index is 12.5. The molecule has 1 aromatic rings. The van der Waals surface area contributed by atoms with E-state index in [4.69, 9.17) is 4.74 Å². The second-order valence-corrected chi connectivity index (χ2v) is 7.42. The fourth-order valence-electron chi connectivity index (χ4n) is 4.21. The Morgan fingerprint density at radius 1 is 1.16 bits per heavy atom. The lowest BCUT2D eigenvalue weighted by Gasteiger charge is -2.38. The molecule has 0 bridgehead atoms. The minimum atomic E-state index is -0.118. The summed E-state index contributed by atoms with van der Waals surface area (Å²) in [5, 5.41) is 15.7. The molecule has 0 aromatic heterocycles. The molecular weight excluding hydrogens is 316 g/mol. The topological polar surface area (TPSA) is 70.6 Å². The van der Waals surface area contributed by atoms with Gasteiger partial charge in [0.1, 0.15) is 0 Å². The molecule has 1 aliphatic heterocycles. The Labute approximate surface area is 150 Å². The summed E-state index contributed by atoms with van der Waals surface area (Å²) in [6.07, 6.45) is 6.04. The van der Waals surface area contributed by atoms with Crippen molar-refractivity contribution in [1.29, 1.82) is 0 Å². The van der Waals surface area contributed by atoms with Gasteiger partial charge >= 0.3 is 6.03 Å². The van der Waals surface area contributed by atoms with Crippen LogP contribution < -0.4 is 10.6 Å². The summed E-state index contributed by atoms with van der Waals surface area (Å²) in [6, 6.07) is 10.4. The van der Waals surface area contributed by atoms with Crippen LogP contribution in [-0.4, -0.2) is 43.5 Å². The van der Waals surface area contributed by atoms with Gasteiger partial charge in [-0.15, -0.1) is 0 Å². The Balaban J connectivity index is 1.60. The molecular formula is C20H30N2O3. The molecule has 2 unspecified atom stereocenters. The number of benzene rings is 1. The van der Waals surface area contributed by atoms with Crippen LogP contribution in [0.3, 0.4) is 0 Å². The lowest BCUT2D eigenvalue weighted by molar-refractivity contribution is 0.0505. The number of rotatable bonds is 5. The average molecular weight is 346 g/mol. The molecule has 3 N–H and O–H groups in total. The zero-order valence-electron chi connectivity index (χ0n) is 14.9. The van der Waals surface area contributed by atoms with Crippen molar-refractivity contribution in [2.24, 2.45) is 5.92 Å². The summed E-state index contributed by atoms with van der Waals surface area (Å²) in [5.74, 6) is 0.186. The first-order valence-electron chi connectivity index (χ1n) is 9.52. The number of amides is 2. The van der Waals surface area contributed by atoms with Crippen LogP contribution in [0.1, 0.15) is 44.1 Å². The number of aliphatic hydroxyl groups is 1. The number of urea groups is 1. The van der Waals surface area contributed by atoms with E-state index in [1.165, 1.54) is 5.56 Å². The van der Waals surface area contributed by atoms with Crippen molar-refractivity contribution < 1.29 is 14.6 Å². The van der Waals surface area contributed by atoms with Crippen LogP contribution in [-0.2, 0) is 10.2 Å². The molecule has 2 atom stereocenters. The highest BCUT2D eigenvalue weighted by atomic mass is 16.5. The van der Waals surface area contributed by atoms with E-state index in [1.807, 2.05) is 6.07 Å². The Kier molecular flexibility index (Phi) is 6.32. The van der Waals surface area contributed by atoms with E-state index in [0.29, 0.717) is 6.54 Å². The minimum Gasteiger partial charge on any atom is -0.396 e. The molecule has 5 nitrogen and oxygen atoms in total. The Morgan fingerprint density at radius 3 is 2.60 bits per heavy atom. The van der Waals surface area contributed by atoms with Gasteiger partial charge in [-0.25, -0.2) is 4.79 Å². The minimum absolute atomic E-state index is 0.0558. The molecule has 3 rings (SSSR count). The molecule has 138 valence electrons. The molecule has 5 heteroatoms. The highest BCUT2D eigenvalue weighted by Crippen LogP contribution is 2.34. The maximum atomic E-state index is 12.5. The van der Waals surface area contributed by atoms with Crippen LogP contribution in [0.15, 0.2) is 30.3 Å². The molecule has 0 radical (unpaired) electrons. The third-order valence-electron chi connectivity index (χ3n) is 5.88. The highest BCUT2D eigenvalue weighted by molar-refractivity contribution is 5.74. The smallest absolute Gasteiger partial charge is 0.315 e. The van der Waals surface area contributed by atoms with Crippen molar-refractivity contribution in [3.05, 3.63) is 35.9 Å². The van der Waals surface area contributed by atoms with Crippen molar-refractivity contribution in [3.63, 3.8) is 0 Å². The summed E-state index contributed by atoms with van der Waals surface area (Å²) >= 11 is 0. The van der Waals surface area contributed by atoms with E-state index in [2.05, 4.69) is 34.9 Å². The zero-order chi connectivity index (χ0) is 17.5. The fraction of sp³-hybridized carbons (Fsp3) is 0.650. The van der Waals surface area contributed by atoms with Gasteiger partial charge in [0.05, 0.1) is 0 Å². The first-order chi connectivity index (χ1) is 12.2. The number of nitrogens with one attached hydrogen (secondary N) is 2. The number of aliphatic hydroxyl groups excluding tert-OH is 1. The first-order valence-corrected chi connectivity index (χ1v) is 9.52. The summed E-state index contributed by atoms with van der Waals surface area (Å²) in [5.41, 5.74) is 1.21. The third kappa shape index (κ3) is 4.53. The van der Waals surface area contributed by atoms with Crippen LogP contribution >= 0.6 is 0 Å². The fourth-order valence-corrected chi connectivity index (χ4v) is 4.21. The molecule has 1 heterocycles. The standard InChI is InChI=1S/C20H30N2O3/c23-14-16-6-4-5-9-18(16)22-19(24)21-15-20(10-12-25-13-11-20)17-7-2-1-3-8-17/h1-3,7-8,16,18,23H,4-6,9-15H2,(H2,21,22,24). The van der Waals surface area contributed by atoms with Gasteiger partial charge in [-0.1, -0.05) is 43.2 Å². The van der Waals surface area contributed by atoms with E-state index < -0.39 is 0 Å². The van der Waals surface area contributed by atoms with Crippen molar-refractivity contribution in [2.75, 3.05) is 26.4 Å². The number of hydrogen-bond acceptors (Lipinski definition) is 3. The highest BCUT2D eigenvalue weighted by Gasteiger charge is 2.35. The molecule has 2 aliphatic rings.